The highest BCUT2D eigenvalue weighted by Gasteiger charge is 2.34. The number of aryl methyl sites for hydroxylation is 2. The van der Waals surface area contributed by atoms with E-state index in [9.17, 15) is 0 Å². The summed E-state index contributed by atoms with van der Waals surface area (Å²) in [4.78, 5) is 0. The van der Waals surface area contributed by atoms with Crippen molar-refractivity contribution < 1.29 is 0 Å². The number of hydrogen-bond donors (Lipinski definition) is 0. The number of benzene rings is 1. The molecule has 0 spiro atoms. The smallest absolute Gasteiger partial charge is 0.00725 e. The van der Waals surface area contributed by atoms with E-state index in [1.165, 1.54) is 30.4 Å². The summed E-state index contributed by atoms with van der Waals surface area (Å²) in [5.41, 5.74) is 4.94. The molecule has 0 bridgehead atoms. The molecule has 0 amide bonds. The maximum Gasteiger partial charge on any atom is -0.00725 e. The monoisotopic (exact) mass is 174 g/mol. The highest BCUT2D eigenvalue weighted by molar-refractivity contribution is 5.37. The van der Waals surface area contributed by atoms with Gasteiger partial charge in [-0.3, -0.25) is 0 Å². The summed E-state index contributed by atoms with van der Waals surface area (Å²) in [6, 6.07) is 6.84. The second-order valence-corrected chi connectivity index (χ2v) is 4.73. The average molecular weight is 174 g/mol. The van der Waals surface area contributed by atoms with Gasteiger partial charge >= 0.3 is 0 Å². The minimum atomic E-state index is 0.496. The lowest BCUT2D eigenvalue weighted by Crippen LogP contribution is -2.31. The first-order chi connectivity index (χ1) is 6.12. The minimum absolute atomic E-state index is 0.496. The molecule has 70 valence electrons. The first-order valence-corrected chi connectivity index (χ1v) is 5.20. The quantitative estimate of drug-likeness (QED) is 0.608. The van der Waals surface area contributed by atoms with Gasteiger partial charge in [-0.05, 0) is 43.2 Å². The number of rotatable bonds is 1. The van der Waals surface area contributed by atoms with Gasteiger partial charge < -0.3 is 0 Å². The van der Waals surface area contributed by atoms with Gasteiger partial charge in [0.05, 0.1) is 0 Å². The normalized spacial score (nSPS) is 19.6. The molecule has 1 aromatic carbocycles. The predicted octanol–water partition coefficient (Wildman–Crippen LogP) is 3.75. The molecule has 1 saturated carbocycles. The van der Waals surface area contributed by atoms with E-state index >= 15 is 0 Å². The molecule has 0 aliphatic heterocycles. The number of hydrogen-bond acceptors (Lipinski definition) is 0. The van der Waals surface area contributed by atoms with Crippen molar-refractivity contribution in [2.24, 2.45) is 0 Å². The molecule has 1 fully saturated rings. The molecule has 0 nitrogen and oxygen atoms in total. The van der Waals surface area contributed by atoms with Crippen molar-refractivity contribution in [2.45, 2.75) is 45.4 Å². The van der Waals surface area contributed by atoms with Gasteiger partial charge in [-0.2, -0.15) is 0 Å². The average Bonchev–Trinajstić information content (AvgIpc) is 2.05. The topological polar surface area (TPSA) is 0 Å². The van der Waals surface area contributed by atoms with Crippen LogP contribution in [0.1, 0.15) is 42.9 Å². The van der Waals surface area contributed by atoms with E-state index in [1.54, 1.807) is 5.56 Å². The molecule has 13 heavy (non-hydrogen) atoms. The van der Waals surface area contributed by atoms with Crippen LogP contribution in [-0.2, 0) is 5.41 Å². The van der Waals surface area contributed by atoms with Crippen LogP contribution in [0.25, 0.3) is 0 Å². The van der Waals surface area contributed by atoms with Gasteiger partial charge in [-0.15, -0.1) is 0 Å². The van der Waals surface area contributed by atoms with Crippen molar-refractivity contribution in [3.05, 3.63) is 34.9 Å². The van der Waals surface area contributed by atoms with Crippen molar-refractivity contribution in [1.82, 2.24) is 0 Å². The molecule has 2 rings (SSSR count). The van der Waals surface area contributed by atoms with Crippen molar-refractivity contribution in [3.8, 4) is 0 Å². The Morgan fingerprint density at radius 2 is 1.85 bits per heavy atom. The summed E-state index contributed by atoms with van der Waals surface area (Å²) in [6.07, 6.45) is 4.15. The van der Waals surface area contributed by atoms with Crippen LogP contribution < -0.4 is 0 Å². The Bertz CT molecular complexity index is 319. The molecule has 1 aliphatic carbocycles. The third kappa shape index (κ3) is 1.39. The van der Waals surface area contributed by atoms with Crippen molar-refractivity contribution in [3.63, 3.8) is 0 Å². The van der Waals surface area contributed by atoms with Gasteiger partial charge in [0.25, 0.3) is 0 Å². The Labute approximate surface area is 81.0 Å². The van der Waals surface area contributed by atoms with E-state index < -0.39 is 0 Å². The molecular formula is C13H18. The fourth-order valence-corrected chi connectivity index (χ4v) is 2.36. The van der Waals surface area contributed by atoms with Crippen LogP contribution in [0.3, 0.4) is 0 Å². The summed E-state index contributed by atoms with van der Waals surface area (Å²) >= 11 is 0. The molecular weight excluding hydrogens is 156 g/mol. The third-order valence-corrected chi connectivity index (χ3v) is 3.50. The van der Waals surface area contributed by atoms with E-state index in [1.807, 2.05) is 0 Å². The van der Waals surface area contributed by atoms with Gasteiger partial charge in [0.15, 0.2) is 0 Å². The largest absolute Gasteiger partial charge is 0.0590 e. The van der Waals surface area contributed by atoms with Crippen LogP contribution in [0.2, 0.25) is 0 Å². The fraction of sp³-hybridized carbons (Fsp3) is 0.538. The molecule has 0 N–H and O–H groups in total. The summed E-state index contributed by atoms with van der Waals surface area (Å²) in [5.74, 6) is 0. The summed E-state index contributed by atoms with van der Waals surface area (Å²) in [6.45, 7) is 6.82. The van der Waals surface area contributed by atoms with Gasteiger partial charge in [-0.25, -0.2) is 0 Å². The lowest BCUT2D eigenvalue weighted by Gasteiger charge is -2.40. The van der Waals surface area contributed by atoms with Crippen molar-refractivity contribution in [1.29, 1.82) is 0 Å². The molecule has 0 aromatic heterocycles. The van der Waals surface area contributed by atoms with Crippen LogP contribution >= 0.6 is 0 Å². The highest BCUT2D eigenvalue weighted by atomic mass is 14.4. The van der Waals surface area contributed by atoms with Crippen LogP contribution in [0.15, 0.2) is 18.2 Å². The van der Waals surface area contributed by atoms with E-state index in [-0.39, 0.29) is 0 Å². The molecule has 0 heterocycles. The van der Waals surface area contributed by atoms with Crippen molar-refractivity contribution >= 4 is 0 Å². The highest BCUT2D eigenvalue weighted by Crippen LogP contribution is 2.44. The summed E-state index contributed by atoms with van der Waals surface area (Å²) < 4.78 is 0. The Hall–Kier alpha value is -0.780. The fourth-order valence-electron chi connectivity index (χ4n) is 2.36. The molecule has 0 heteroatoms. The molecule has 1 aliphatic rings. The van der Waals surface area contributed by atoms with Crippen LogP contribution in [0.4, 0.5) is 0 Å². The third-order valence-electron chi connectivity index (χ3n) is 3.50. The summed E-state index contributed by atoms with van der Waals surface area (Å²) in [5, 5.41) is 0. The Balaban J connectivity index is 2.43. The van der Waals surface area contributed by atoms with E-state index in [0.717, 1.165) is 0 Å². The Morgan fingerprint density at radius 3 is 2.38 bits per heavy atom. The molecule has 1 aromatic rings. The van der Waals surface area contributed by atoms with Crippen LogP contribution in [0, 0.1) is 13.8 Å². The molecule has 0 unspecified atom stereocenters. The maximum absolute atomic E-state index is 2.40. The van der Waals surface area contributed by atoms with Gasteiger partial charge in [-0.1, -0.05) is 37.1 Å². The van der Waals surface area contributed by atoms with E-state index in [4.69, 9.17) is 0 Å². The first-order valence-electron chi connectivity index (χ1n) is 5.20. The second kappa shape index (κ2) is 2.87. The van der Waals surface area contributed by atoms with Gasteiger partial charge in [0, 0.05) is 0 Å². The van der Waals surface area contributed by atoms with E-state index in [2.05, 4.69) is 39.0 Å². The second-order valence-electron chi connectivity index (χ2n) is 4.73. The molecule has 0 radical (unpaired) electrons. The Morgan fingerprint density at radius 1 is 1.15 bits per heavy atom. The first kappa shape index (κ1) is 8.80. The van der Waals surface area contributed by atoms with Gasteiger partial charge in [0.2, 0.25) is 0 Å². The molecule has 0 saturated heterocycles. The zero-order chi connectivity index (χ0) is 9.47. The zero-order valence-electron chi connectivity index (χ0n) is 8.85. The van der Waals surface area contributed by atoms with E-state index in [0.29, 0.717) is 5.41 Å². The minimum Gasteiger partial charge on any atom is -0.0590 e. The van der Waals surface area contributed by atoms with Gasteiger partial charge in [0.1, 0.15) is 0 Å². The predicted molar refractivity (Wildman–Crippen MR) is 57.1 cm³/mol. The molecule has 0 atom stereocenters. The van der Waals surface area contributed by atoms with Crippen LogP contribution in [-0.4, -0.2) is 0 Å². The van der Waals surface area contributed by atoms with Crippen LogP contribution in [0.5, 0.6) is 0 Å². The lowest BCUT2D eigenvalue weighted by molar-refractivity contribution is 0.271. The zero-order valence-corrected chi connectivity index (χ0v) is 8.85. The summed E-state index contributed by atoms with van der Waals surface area (Å²) in [7, 11) is 0. The lowest BCUT2D eigenvalue weighted by atomic mass is 9.65. The standard InChI is InChI=1S/C13H18/c1-10-5-6-11(2)12(9-10)13(3)7-4-8-13/h5-6,9H,4,7-8H2,1-3H3. The maximum atomic E-state index is 2.40. The van der Waals surface area contributed by atoms with Crippen molar-refractivity contribution in [2.75, 3.05) is 0 Å². The SMILES string of the molecule is Cc1ccc(C)c(C2(C)CCC2)c1. The Kier molecular flexibility index (Phi) is 1.94.